The third-order valence-electron chi connectivity index (χ3n) is 2.82. The molecule has 2 N–H and O–H groups in total. The number of carbonyl (C=O) groups excluding carboxylic acids is 1. The van der Waals surface area contributed by atoms with Crippen LogP contribution in [0.2, 0.25) is 0 Å². The molecule has 2 rings (SSSR count). The standard InChI is InChI=1S/C11H12N5O2/c1-16-8(5-15-13)9(10(12)17)7-3-6(18-2)4-14-11(7)16/h3-4H,5H2,1-2H3,(H2,12,17)/q-1. The van der Waals surface area contributed by atoms with E-state index in [2.05, 4.69) is 10.1 Å². The summed E-state index contributed by atoms with van der Waals surface area (Å²) in [4.78, 5) is 15.7. The van der Waals surface area contributed by atoms with Crippen LogP contribution < -0.4 is 10.5 Å². The summed E-state index contributed by atoms with van der Waals surface area (Å²) >= 11 is 0. The first kappa shape index (κ1) is 12.0. The third kappa shape index (κ3) is 1.69. The van der Waals surface area contributed by atoms with Gasteiger partial charge in [0.05, 0.1) is 31.1 Å². The fourth-order valence-corrected chi connectivity index (χ4v) is 1.98. The molecule has 0 unspecified atom stereocenters. The maximum Gasteiger partial charge on any atom is 0.251 e. The molecule has 0 fully saturated rings. The monoisotopic (exact) mass is 246 g/mol. The van der Waals surface area contributed by atoms with Crippen LogP contribution >= 0.6 is 0 Å². The largest absolute Gasteiger partial charge is 0.712 e. The van der Waals surface area contributed by atoms with E-state index >= 15 is 0 Å². The van der Waals surface area contributed by atoms with Crippen LogP contribution in [0, 0.1) is 0 Å². The highest BCUT2D eigenvalue weighted by atomic mass is 16.5. The summed E-state index contributed by atoms with van der Waals surface area (Å²) in [5, 5.41) is 3.65. The van der Waals surface area contributed by atoms with E-state index in [-0.39, 0.29) is 6.54 Å². The van der Waals surface area contributed by atoms with Gasteiger partial charge in [0.2, 0.25) is 0 Å². The number of ether oxygens (including phenoxy) is 1. The Kier molecular flexibility index (Phi) is 2.97. The summed E-state index contributed by atoms with van der Waals surface area (Å²) in [6, 6.07) is 1.68. The van der Waals surface area contributed by atoms with E-state index < -0.39 is 5.91 Å². The number of nitrogens with two attached hydrogens (primary N) is 1. The second-order valence-corrected chi connectivity index (χ2v) is 3.79. The van der Waals surface area contributed by atoms with E-state index in [9.17, 15) is 4.79 Å². The Morgan fingerprint density at radius 2 is 2.39 bits per heavy atom. The molecular formula is C11H12N5O2-. The minimum atomic E-state index is -0.589. The molecule has 7 heteroatoms. The molecule has 1 amide bonds. The average Bonchev–Trinajstić information content (AvgIpc) is 2.63. The van der Waals surface area contributed by atoms with Crippen molar-refractivity contribution in [3.63, 3.8) is 0 Å². The molecule has 2 aromatic heterocycles. The molecule has 2 aromatic rings. The van der Waals surface area contributed by atoms with Crippen LogP contribution in [0.25, 0.3) is 16.6 Å². The van der Waals surface area contributed by atoms with E-state index in [1.807, 2.05) is 0 Å². The van der Waals surface area contributed by atoms with Gasteiger partial charge in [-0.1, -0.05) is 0 Å². The molecule has 2 heterocycles. The van der Waals surface area contributed by atoms with E-state index in [0.29, 0.717) is 28.0 Å². The summed E-state index contributed by atoms with van der Waals surface area (Å²) in [6.07, 6.45) is 1.55. The molecule has 0 atom stereocenters. The minimum absolute atomic E-state index is 0.0204. The van der Waals surface area contributed by atoms with E-state index in [4.69, 9.17) is 16.0 Å². The molecule has 18 heavy (non-hydrogen) atoms. The molecule has 94 valence electrons. The van der Waals surface area contributed by atoms with Crippen molar-refractivity contribution in [2.24, 2.45) is 17.9 Å². The Morgan fingerprint density at radius 3 is 2.94 bits per heavy atom. The third-order valence-corrected chi connectivity index (χ3v) is 2.82. The van der Waals surface area contributed by atoms with Crippen LogP contribution in [-0.2, 0) is 13.6 Å². The Labute approximate surface area is 103 Å². The molecule has 0 radical (unpaired) electrons. The normalized spacial score (nSPS) is 10.6. The van der Waals surface area contributed by atoms with Crippen molar-refractivity contribution in [3.05, 3.63) is 29.1 Å². The molecular weight excluding hydrogens is 234 g/mol. The van der Waals surface area contributed by atoms with Gasteiger partial charge in [0, 0.05) is 12.4 Å². The number of carbonyl (C=O) groups is 1. The van der Waals surface area contributed by atoms with Crippen molar-refractivity contribution >= 4 is 16.9 Å². The first-order chi connectivity index (χ1) is 8.60. The molecule has 0 bridgehead atoms. The van der Waals surface area contributed by atoms with Gasteiger partial charge in [-0.3, -0.25) is 4.79 Å². The van der Waals surface area contributed by atoms with Gasteiger partial charge in [0.25, 0.3) is 5.91 Å². The lowest BCUT2D eigenvalue weighted by Crippen LogP contribution is -2.13. The van der Waals surface area contributed by atoms with Crippen molar-refractivity contribution in [2.75, 3.05) is 7.11 Å². The van der Waals surface area contributed by atoms with Gasteiger partial charge < -0.3 is 25.7 Å². The predicted octanol–water partition coefficient (Wildman–Crippen LogP) is 1.20. The first-order valence-electron chi connectivity index (χ1n) is 5.22. The number of rotatable bonds is 4. The molecule has 7 nitrogen and oxygen atoms in total. The topological polar surface area (TPSA) is 105 Å². The quantitative estimate of drug-likeness (QED) is 0.819. The zero-order valence-electron chi connectivity index (χ0n) is 10.0. The number of hydrogen-bond acceptors (Lipinski definition) is 4. The van der Waals surface area contributed by atoms with Crippen molar-refractivity contribution in [2.45, 2.75) is 6.54 Å². The van der Waals surface area contributed by atoms with Crippen LogP contribution in [-0.4, -0.2) is 22.6 Å². The Hall–Kier alpha value is -2.44. The Morgan fingerprint density at radius 1 is 1.67 bits per heavy atom. The van der Waals surface area contributed by atoms with Crippen molar-refractivity contribution in [1.29, 1.82) is 0 Å². The fourth-order valence-electron chi connectivity index (χ4n) is 1.98. The average molecular weight is 246 g/mol. The molecule has 0 saturated heterocycles. The molecule has 0 aliphatic carbocycles. The molecule has 0 aliphatic heterocycles. The zero-order valence-corrected chi connectivity index (χ0v) is 10.0. The molecule has 0 aliphatic rings. The summed E-state index contributed by atoms with van der Waals surface area (Å²) in [7, 11) is 3.24. The van der Waals surface area contributed by atoms with Gasteiger partial charge in [-0.15, -0.1) is 0 Å². The van der Waals surface area contributed by atoms with Crippen LogP contribution in [0.1, 0.15) is 16.1 Å². The minimum Gasteiger partial charge on any atom is -0.712 e. The van der Waals surface area contributed by atoms with Gasteiger partial charge >= 0.3 is 0 Å². The molecule has 0 saturated carbocycles. The van der Waals surface area contributed by atoms with E-state index in [1.165, 1.54) is 7.11 Å². The summed E-state index contributed by atoms with van der Waals surface area (Å²) in [6.45, 7) is -0.0204. The number of nitrogens with zero attached hydrogens (tertiary/aromatic N) is 4. The number of primary amides is 1. The zero-order chi connectivity index (χ0) is 13.3. The number of hydrogen-bond donors (Lipinski definition) is 1. The maximum atomic E-state index is 11.5. The number of aryl methyl sites for hydroxylation is 1. The highest BCUT2D eigenvalue weighted by Crippen LogP contribution is 2.27. The lowest BCUT2D eigenvalue weighted by molar-refractivity contribution is 0.100. The Bertz CT molecular complexity index is 632. The van der Waals surface area contributed by atoms with Gasteiger partial charge in [0.1, 0.15) is 11.4 Å². The first-order valence-corrected chi connectivity index (χ1v) is 5.22. The van der Waals surface area contributed by atoms with Gasteiger partial charge in [0.15, 0.2) is 0 Å². The second-order valence-electron chi connectivity index (χ2n) is 3.79. The van der Waals surface area contributed by atoms with Crippen molar-refractivity contribution in [1.82, 2.24) is 9.55 Å². The van der Waals surface area contributed by atoms with Crippen LogP contribution in [0.5, 0.6) is 5.75 Å². The van der Waals surface area contributed by atoms with E-state index in [0.717, 1.165) is 0 Å². The van der Waals surface area contributed by atoms with Crippen LogP contribution in [0.15, 0.2) is 17.4 Å². The van der Waals surface area contributed by atoms with Crippen molar-refractivity contribution in [3.8, 4) is 5.75 Å². The second kappa shape index (κ2) is 4.44. The number of aromatic nitrogens is 2. The lowest BCUT2D eigenvalue weighted by Gasteiger charge is -2.03. The van der Waals surface area contributed by atoms with Crippen LogP contribution in [0.4, 0.5) is 0 Å². The van der Waals surface area contributed by atoms with E-state index in [1.54, 1.807) is 23.9 Å². The van der Waals surface area contributed by atoms with Gasteiger partial charge in [-0.25, -0.2) is 4.98 Å². The fraction of sp³-hybridized carbons (Fsp3) is 0.273. The number of fused-ring (bicyclic) bond motifs is 1. The summed E-state index contributed by atoms with van der Waals surface area (Å²) < 4.78 is 6.74. The highest BCUT2D eigenvalue weighted by Gasteiger charge is 2.19. The van der Waals surface area contributed by atoms with Gasteiger partial charge in [-0.2, -0.15) is 0 Å². The number of pyridine rings is 1. The smallest absolute Gasteiger partial charge is 0.251 e. The number of amides is 1. The number of methoxy groups -OCH3 is 1. The lowest BCUT2D eigenvalue weighted by atomic mass is 10.1. The molecule has 0 aromatic carbocycles. The summed E-state index contributed by atoms with van der Waals surface area (Å²) in [5.74, 6) is -0.0580. The SMILES string of the molecule is COc1cnc2c(c1)c(C(N)=O)c(CN=[N-])n2C. The predicted molar refractivity (Wildman–Crippen MR) is 65.3 cm³/mol. The van der Waals surface area contributed by atoms with Crippen LogP contribution in [0.3, 0.4) is 0 Å². The van der Waals surface area contributed by atoms with Gasteiger partial charge in [-0.05, 0) is 6.07 Å². The molecule has 0 spiro atoms. The summed E-state index contributed by atoms with van der Waals surface area (Å²) in [5.41, 5.74) is 15.5. The Balaban J connectivity index is 2.83. The highest BCUT2D eigenvalue weighted by molar-refractivity contribution is 6.07. The van der Waals surface area contributed by atoms with Crippen molar-refractivity contribution < 1.29 is 9.53 Å². The maximum absolute atomic E-state index is 11.5.